The topological polar surface area (TPSA) is 107 Å². The Morgan fingerprint density at radius 2 is 2.00 bits per heavy atom. The van der Waals surface area contributed by atoms with Crippen LogP contribution in [-0.4, -0.2) is 60.1 Å². The molecule has 0 aromatic carbocycles. The third-order valence-corrected chi connectivity index (χ3v) is 6.92. The summed E-state index contributed by atoms with van der Waals surface area (Å²) in [7, 11) is -1.61. The summed E-state index contributed by atoms with van der Waals surface area (Å²) in [5, 5.41) is 1.01. The third-order valence-electron chi connectivity index (χ3n) is 5.18. The van der Waals surface area contributed by atoms with E-state index in [-0.39, 0.29) is 10.9 Å². The van der Waals surface area contributed by atoms with Gasteiger partial charge in [0.1, 0.15) is 28.5 Å². The van der Waals surface area contributed by atoms with Crippen molar-refractivity contribution in [2.45, 2.75) is 43.7 Å². The van der Waals surface area contributed by atoms with Gasteiger partial charge in [-0.3, -0.25) is 0 Å². The van der Waals surface area contributed by atoms with E-state index in [1.165, 1.54) is 6.20 Å². The minimum Gasteiger partial charge on any atom is -0.355 e. The normalized spacial score (nSPS) is 17.6. The summed E-state index contributed by atoms with van der Waals surface area (Å²) in [6.45, 7) is 7.12. The number of nitrogens with one attached hydrogen (secondary N) is 2. The van der Waals surface area contributed by atoms with Gasteiger partial charge in [-0.2, -0.15) is 0 Å². The van der Waals surface area contributed by atoms with Crippen molar-refractivity contribution in [3.63, 3.8) is 0 Å². The van der Waals surface area contributed by atoms with E-state index in [0.29, 0.717) is 0 Å². The zero-order valence-corrected chi connectivity index (χ0v) is 18.4. The van der Waals surface area contributed by atoms with Crippen molar-refractivity contribution < 1.29 is 8.42 Å². The molecule has 2 N–H and O–H groups in total. The largest absolute Gasteiger partial charge is 0.355 e. The fourth-order valence-corrected chi connectivity index (χ4v) is 5.11. The van der Waals surface area contributed by atoms with Gasteiger partial charge in [-0.25, -0.2) is 28.1 Å². The number of pyridine rings is 1. The van der Waals surface area contributed by atoms with Gasteiger partial charge < -0.3 is 14.8 Å². The average Bonchev–Trinajstić information content (AvgIpc) is 3.35. The molecule has 1 aliphatic rings. The number of fused-ring (bicyclic) bond motifs is 1. The number of sulfonamides is 1. The van der Waals surface area contributed by atoms with E-state index in [1.807, 2.05) is 40.1 Å². The van der Waals surface area contributed by atoms with Crippen molar-refractivity contribution in [2.24, 2.45) is 0 Å². The van der Waals surface area contributed by atoms with Crippen LogP contribution in [0.2, 0.25) is 0 Å². The molecular formula is C20H27N7O2S. The minimum atomic E-state index is -3.60. The van der Waals surface area contributed by atoms with E-state index < -0.39 is 15.6 Å². The highest BCUT2D eigenvalue weighted by Gasteiger charge is 2.29. The molecule has 0 amide bonds. The minimum absolute atomic E-state index is 0.165. The molecule has 0 aliphatic carbocycles. The van der Waals surface area contributed by atoms with Crippen LogP contribution in [0.1, 0.15) is 27.2 Å². The van der Waals surface area contributed by atoms with E-state index >= 15 is 0 Å². The maximum Gasteiger partial charge on any atom is 0.242 e. The fraction of sp³-hybridized carbons (Fsp3) is 0.450. The first-order valence-corrected chi connectivity index (χ1v) is 11.4. The lowest BCUT2D eigenvalue weighted by Gasteiger charge is -2.26. The average molecular weight is 430 g/mol. The summed E-state index contributed by atoms with van der Waals surface area (Å²) in [5.74, 6) is 1.67. The molecule has 0 saturated carbocycles. The summed E-state index contributed by atoms with van der Waals surface area (Å²) in [5.41, 5.74) is 0.284. The number of likely N-dealkylation sites (N-methyl/N-ethyl adjacent to an activating group) is 1. The standard InChI is InChI=1S/C20H27N7O2S/c1-20(2,3)25-30(28,29)15-5-6-17(22-11-15)26(4)14-8-10-27(12-14)19-16-7-9-21-18(16)23-13-24-19/h5-7,9,11,13-14,25H,8,10,12H2,1-4H3,(H,21,23,24). The number of rotatable bonds is 5. The first-order valence-electron chi connectivity index (χ1n) is 9.90. The molecule has 30 heavy (non-hydrogen) atoms. The SMILES string of the molecule is CN(c1ccc(S(=O)(=O)NC(C)(C)C)cn1)C1CCN(c2ncnc3[nH]ccc23)C1. The van der Waals surface area contributed by atoms with Gasteiger partial charge in [0.05, 0.1) is 5.39 Å². The third kappa shape index (κ3) is 4.10. The predicted molar refractivity (Wildman–Crippen MR) is 117 cm³/mol. The second kappa shape index (κ2) is 7.51. The highest BCUT2D eigenvalue weighted by molar-refractivity contribution is 7.89. The Balaban J connectivity index is 1.48. The molecule has 0 spiro atoms. The van der Waals surface area contributed by atoms with E-state index in [2.05, 4.69) is 34.5 Å². The van der Waals surface area contributed by atoms with Crippen LogP contribution >= 0.6 is 0 Å². The molecule has 3 aromatic heterocycles. The van der Waals surface area contributed by atoms with Crippen LogP contribution in [0.4, 0.5) is 11.6 Å². The van der Waals surface area contributed by atoms with E-state index in [0.717, 1.165) is 42.2 Å². The Morgan fingerprint density at radius 3 is 2.70 bits per heavy atom. The maximum atomic E-state index is 12.5. The first-order chi connectivity index (χ1) is 14.1. The van der Waals surface area contributed by atoms with Crippen LogP contribution < -0.4 is 14.5 Å². The Hall–Kier alpha value is -2.72. The molecule has 4 heterocycles. The van der Waals surface area contributed by atoms with Gasteiger partial charge in [-0.05, 0) is 45.4 Å². The number of nitrogens with zero attached hydrogens (tertiary/aromatic N) is 5. The molecule has 9 nitrogen and oxygen atoms in total. The molecule has 1 fully saturated rings. The molecule has 4 rings (SSSR count). The van der Waals surface area contributed by atoms with Gasteiger partial charge in [0.25, 0.3) is 0 Å². The Kier molecular flexibility index (Phi) is 5.15. The Labute approximate surface area is 176 Å². The zero-order valence-electron chi connectivity index (χ0n) is 17.6. The molecule has 0 bridgehead atoms. The Morgan fingerprint density at radius 1 is 1.20 bits per heavy atom. The lowest BCUT2D eigenvalue weighted by molar-refractivity contribution is 0.491. The number of anilines is 2. The van der Waals surface area contributed by atoms with Crippen molar-refractivity contribution >= 4 is 32.7 Å². The molecule has 1 atom stereocenters. The van der Waals surface area contributed by atoms with Gasteiger partial charge in [0, 0.05) is 44.1 Å². The van der Waals surface area contributed by atoms with E-state index in [4.69, 9.17) is 0 Å². The fourth-order valence-electron chi connectivity index (χ4n) is 3.75. The molecule has 1 unspecified atom stereocenters. The van der Waals surface area contributed by atoms with Crippen molar-refractivity contribution in [1.82, 2.24) is 24.7 Å². The Bertz CT molecular complexity index is 1140. The molecule has 160 valence electrons. The van der Waals surface area contributed by atoms with Crippen LogP contribution in [0.15, 0.2) is 41.8 Å². The number of hydrogen-bond acceptors (Lipinski definition) is 7. The molecule has 10 heteroatoms. The van der Waals surface area contributed by atoms with Crippen LogP contribution in [0.5, 0.6) is 0 Å². The van der Waals surface area contributed by atoms with Crippen molar-refractivity contribution in [3.8, 4) is 0 Å². The molecule has 1 aliphatic heterocycles. The number of hydrogen-bond donors (Lipinski definition) is 2. The second-order valence-electron chi connectivity index (χ2n) is 8.64. The molecular weight excluding hydrogens is 402 g/mol. The summed E-state index contributed by atoms with van der Waals surface area (Å²) in [6, 6.07) is 5.60. The summed E-state index contributed by atoms with van der Waals surface area (Å²) < 4.78 is 27.6. The molecule has 3 aromatic rings. The second-order valence-corrected chi connectivity index (χ2v) is 10.3. The van der Waals surface area contributed by atoms with Gasteiger partial charge in [0.15, 0.2) is 0 Å². The van der Waals surface area contributed by atoms with Crippen LogP contribution in [0.25, 0.3) is 11.0 Å². The van der Waals surface area contributed by atoms with Crippen LogP contribution in [-0.2, 0) is 10.0 Å². The lowest BCUT2D eigenvalue weighted by atomic mass is 10.1. The smallest absolute Gasteiger partial charge is 0.242 e. The summed E-state index contributed by atoms with van der Waals surface area (Å²) >= 11 is 0. The van der Waals surface area contributed by atoms with Crippen molar-refractivity contribution in [3.05, 3.63) is 36.9 Å². The van der Waals surface area contributed by atoms with E-state index in [9.17, 15) is 8.42 Å². The first kappa shape index (κ1) is 20.5. The van der Waals surface area contributed by atoms with Gasteiger partial charge in [0.2, 0.25) is 10.0 Å². The van der Waals surface area contributed by atoms with Crippen molar-refractivity contribution in [1.29, 1.82) is 0 Å². The number of H-pyrrole nitrogens is 1. The summed E-state index contributed by atoms with van der Waals surface area (Å²) in [6.07, 6.45) is 5.83. The lowest BCUT2D eigenvalue weighted by Crippen LogP contribution is -2.40. The zero-order chi connectivity index (χ0) is 21.5. The van der Waals surface area contributed by atoms with Gasteiger partial charge in [-0.15, -0.1) is 0 Å². The monoisotopic (exact) mass is 429 g/mol. The maximum absolute atomic E-state index is 12.5. The van der Waals surface area contributed by atoms with Gasteiger partial charge in [-0.1, -0.05) is 0 Å². The predicted octanol–water partition coefficient (Wildman–Crippen LogP) is 2.14. The number of aromatic amines is 1. The molecule has 1 saturated heterocycles. The van der Waals surface area contributed by atoms with Crippen molar-refractivity contribution in [2.75, 3.05) is 29.9 Å². The highest BCUT2D eigenvalue weighted by atomic mass is 32.2. The quantitative estimate of drug-likeness (QED) is 0.640. The number of aromatic nitrogens is 4. The molecule has 0 radical (unpaired) electrons. The van der Waals surface area contributed by atoms with Crippen LogP contribution in [0.3, 0.4) is 0 Å². The highest BCUT2D eigenvalue weighted by Crippen LogP contribution is 2.28. The van der Waals surface area contributed by atoms with Crippen LogP contribution in [0, 0.1) is 0 Å². The summed E-state index contributed by atoms with van der Waals surface area (Å²) in [4.78, 5) is 20.8. The van der Waals surface area contributed by atoms with E-state index in [1.54, 1.807) is 18.5 Å². The van der Waals surface area contributed by atoms with Gasteiger partial charge >= 0.3 is 0 Å².